The van der Waals surface area contributed by atoms with Crippen molar-refractivity contribution in [2.75, 3.05) is 37.6 Å². The average Bonchev–Trinajstić information content (AvgIpc) is 2.77. The summed E-state index contributed by atoms with van der Waals surface area (Å²) >= 11 is 0. The Kier molecular flexibility index (Phi) is 5.57. The molecule has 0 unspecified atom stereocenters. The van der Waals surface area contributed by atoms with Gasteiger partial charge in [0.15, 0.2) is 0 Å². The summed E-state index contributed by atoms with van der Waals surface area (Å²) < 4.78 is 2.53. The molecule has 3 aromatic heterocycles. The van der Waals surface area contributed by atoms with Crippen LogP contribution in [0.5, 0.6) is 0 Å². The first-order chi connectivity index (χ1) is 14.5. The molecule has 10 heteroatoms. The topological polar surface area (TPSA) is 109 Å². The van der Waals surface area contributed by atoms with Crippen molar-refractivity contribution in [3.8, 4) is 11.3 Å². The lowest BCUT2D eigenvalue weighted by Gasteiger charge is -2.35. The van der Waals surface area contributed by atoms with Crippen LogP contribution in [0.4, 0.5) is 5.82 Å². The van der Waals surface area contributed by atoms with Crippen molar-refractivity contribution in [3.05, 3.63) is 73.9 Å². The van der Waals surface area contributed by atoms with Crippen LogP contribution in [0.25, 0.3) is 11.3 Å². The van der Waals surface area contributed by atoms with Crippen molar-refractivity contribution in [1.29, 1.82) is 0 Å². The fourth-order valence-corrected chi connectivity index (χ4v) is 3.44. The molecule has 4 rings (SSSR count). The van der Waals surface area contributed by atoms with E-state index >= 15 is 0 Å². The van der Waals surface area contributed by atoms with Crippen molar-refractivity contribution in [2.45, 2.75) is 6.54 Å². The number of nitrogens with one attached hydrogen (secondary N) is 1. The van der Waals surface area contributed by atoms with Gasteiger partial charge in [-0.1, -0.05) is 0 Å². The molecule has 1 saturated heterocycles. The molecule has 156 valence electrons. The summed E-state index contributed by atoms with van der Waals surface area (Å²) in [5, 5.41) is 4.47. The summed E-state index contributed by atoms with van der Waals surface area (Å²) in [5.74, 6) is 0.546. The normalized spacial score (nSPS) is 14.8. The molecule has 0 radical (unpaired) electrons. The molecule has 1 N–H and O–H groups in total. The molecule has 0 atom stereocenters. The van der Waals surface area contributed by atoms with Gasteiger partial charge in [0, 0.05) is 69.9 Å². The van der Waals surface area contributed by atoms with Crippen molar-refractivity contribution in [2.24, 2.45) is 7.05 Å². The Balaban J connectivity index is 1.38. The Morgan fingerprint density at radius 3 is 2.50 bits per heavy atom. The molecule has 0 bridgehead atoms. The Labute approximate surface area is 172 Å². The van der Waals surface area contributed by atoms with Crippen molar-refractivity contribution in [3.63, 3.8) is 0 Å². The number of aromatic amines is 1. The van der Waals surface area contributed by atoms with E-state index in [1.165, 1.54) is 23.9 Å². The maximum absolute atomic E-state index is 12.2. The van der Waals surface area contributed by atoms with Gasteiger partial charge in [0.2, 0.25) is 0 Å². The van der Waals surface area contributed by atoms with Crippen LogP contribution in [-0.4, -0.2) is 61.9 Å². The molecular formula is C20H23N7O3. The van der Waals surface area contributed by atoms with E-state index in [0.717, 1.165) is 23.2 Å². The maximum Gasteiger partial charge on any atom is 0.329 e. The Hall–Kier alpha value is -3.53. The first-order valence-electron chi connectivity index (χ1n) is 9.77. The molecule has 1 aliphatic heterocycles. The van der Waals surface area contributed by atoms with Gasteiger partial charge in [-0.25, -0.2) is 9.48 Å². The zero-order chi connectivity index (χ0) is 21.1. The molecule has 1 fully saturated rings. The third-order valence-electron chi connectivity index (χ3n) is 5.30. The van der Waals surface area contributed by atoms with Crippen LogP contribution in [0.1, 0.15) is 0 Å². The Morgan fingerprint density at radius 2 is 1.80 bits per heavy atom. The van der Waals surface area contributed by atoms with Crippen LogP contribution in [0.3, 0.4) is 0 Å². The second kappa shape index (κ2) is 8.46. The smallest absolute Gasteiger partial charge is 0.329 e. The zero-order valence-corrected chi connectivity index (χ0v) is 16.7. The summed E-state index contributed by atoms with van der Waals surface area (Å²) in [4.78, 5) is 46.9. The summed E-state index contributed by atoms with van der Waals surface area (Å²) in [5.41, 5.74) is 0.693. The van der Waals surface area contributed by atoms with E-state index in [2.05, 4.69) is 20.0 Å². The summed E-state index contributed by atoms with van der Waals surface area (Å²) in [6, 6.07) is 8.43. The molecule has 1 aliphatic rings. The second-order valence-electron chi connectivity index (χ2n) is 7.21. The van der Waals surface area contributed by atoms with Gasteiger partial charge >= 0.3 is 5.69 Å². The highest BCUT2D eigenvalue weighted by molar-refractivity contribution is 5.56. The SMILES string of the molecule is Cn1c(=O)cc(N2CCN(CCn3nc(-c4cccnc4)ccc3=O)CC2)[nH]c1=O. The predicted octanol–water partition coefficient (Wildman–Crippen LogP) is -0.485. The monoisotopic (exact) mass is 409 g/mol. The molecule has 10 nitrogen and oxygen atoms in total. The van der Waals surface area contributed by atoms with E-state index in [0.29, 0.717) is 37.7 Å². The summed E-state index contributed by atoms with van der Waals surface area (Å²) in [6.07, 6.45) is 3.42. The lowest BCUT2D eigenvalue weighted by Crippen LogP contribution is -2.49. The third kappa shape index (κ3) is 4.23. The van der Waals surface area contributed by atoms with E-state index in [-0.39, 0.29) is 11.1 Å². The molecule has 4 heterocycles. The van der Waals surface area contributed by atoms with Gasteiger partial charge in [-0.3, -0.25) is 29.0 Å². The summed E-state index contributed by atoms with van der Waals surface area (Å²) in [6.45, 7) is 4.05. The Bertz CT molecular complexity index is 1160. The van der Waals surface area contributed by atoms with E-state index in [1.807, 2.05) is 17.0 Å². The van der Waals surface area contributed by atoms with Crippen molar-refractivity contribution >= 4 is 5.82 Å². The van der Waals surface area contributed by atoms with Crippen LogP contribution in [0.2, 0.25) is 0 Å². The maximum atomic E-state index is 12.2. The number of pyridine rings is 1. The minimum Gasteiger partial charge on any atom is -0.355 e. The third-order valence-corrected chi connectivity index (χ3v) is 5.30. The first-order valence-corrected chi connectivity index (χ1v) is 9.77. The number of nitrogens with zero attached hydrogens (tertiary/aromatic N) is 6. The van der Waals surface area contributed by atoms with Gasteiger partial charge in [-0.2, -0.15) is 5.10 Å². The number of hydrogen-bond acceptors (Lipinski definition) is 7. The largest absolute Gasteiger partial charge is 0.355 e. The molecule has 0 spiro atoms. The van der Waals surface area contributed by atoms with E-state index < -0.39 is 5.69 Å². The molecule has 0 saturated carbocycles. The minimum atomic E-state index is -0.418. The van der Waals surface area contributed by atoms with Gasteiger partial charge < -0.3 is 4.90 Å². The minimum absolute atomic E-state index is 0.140. The molecule has 0 amide bonds. The molecule has 30 heavy (non-hydrogen) atoms. The zero-order valence-electron chi connectivity index (χ0n) is 16.7. The van der Waals surface area contributed by atoms with Crippen molar-refractivity contribution in [1.82, 2.24) is 29.2 Å². The molecule has 0 aliphatic carbocycles. The first kappa shape index (κ1) is 19.8. The lowest BCUT2D eigenvalue weighted by molar-refractivity contribution is 0.242. The van der Waals surface area contributed by atoms with Gasteiger partial charge in [0.25, 0.3) is 11.1 Å². The number of rotatable bonds is 5. The predicted molar refractivity (Wildman–Crippen MR) is 113 cm³/mol. The number of piperazine rings is 1. The highest BCUT2D eigenvalue weighted by Gasteiger charge is 2.19. The number of H-pyrrole nitrogens is 1. The molecular weight excluding hydrogens is 386 g/mol. The second-order valence-corrected chi connectivity index (χ2v) is 7.21. The van der Waals surface area contributed by atoms with Crippen LogP contribution < -0.4 is 21.7 Å². The standard InChI is InChI=1S/C20H23N7O3/c1-24-19(29)13-17(22-20(24)30)26-10-7-25(8-11-26)9-12-27-18(28)5-4-16(23-27)15-3-2-6-21-14-15/h2-6,13-14H,7-12H2,1H3,(H,22,30). The van der Waals surface area contributed by atoms with E-state index in [9.17, 15) is 14.4 Å². The fraction of sp³-hybridized carbons (Fsp3) is 0.350. The number of aromatic nitrogens is 5. The van der Waals surface area contributed by atoms with E-state index in [4.69, 9.17) is 0 Å². The van der Waals surface area contributed by atoms with Gasteiger partial charge in [-0.05, 0) is 18.2 Å². The van der Waals surface area contributed by atoms with E-state index in [1.54, 1.807) is 18.5 Å². The van der Waals surface area contributed by atoms with Crippen LogP contribution in [0, 0.1) is 0 Å². The van der Waals surface area contributed by atoms with Crippen LogP contribution in [0.15, 0.2) is 57.1 Å². The number of anilines is 1. The Morgan fingerprint density at radius 1 is 1.00 bits per heavy atom. The van der Waals surface area contributed by atoms with Gasteiger partial charge in [0.1, 0.15) is 5.82 Å². The van der Waals surface area contributed by atoms with Crippen molar-refractivity contribution < 1.29 is 0 Å². The highest BCUT2D eigenvalue weighted by Crippen LogP contribution is 2.13. The van der Waals surface area contributed by atoms with Crippen LogP contribution >= 0.6 is 0 Å². The fourth-order valence-electron chi connectivity index (χ4n) is 3.44. The summed E-state index contributed by atoms with van der Waals surface area (Å²) in [7, 11) is 1.45. The van der Waals surface area contributed by atoms with Crippen LogP contribution in [-0.2, 0) is 13.6 Å². The average molecular weight is 409 g/mol. The quantitative estimate of drug-likeness (QED) is 0.606. The van der Waals surface area contributed by atoms with Gasteiger partial charge in [0.05, 0.1) is 12.2 Å². The lowest BCUT2D eigenvalue weighted by atomic mass is 10.2. The molecule has 0 aromatic carbocycles. The highest BCUT2D eigenvalue weighted by atomic mass is 16.2. The van der Waals surface area contributed by atoms with Gasteiger partial charge in [-0.15, -0.1) is 0 Å². The number of hydrogen-bond donors (Lipinski definition) is 1. The molecule has 3 aromatic rings.